The molecule has 132 valence electrons. The number of piperidine rings is 1. The van der Waals surface area contributed by atoms with E-state index in [2.05, 4.69) is 10.2 Å². The third-order valence-corrected chi connectivity index (χ3v) is 4.72. The SMILES string of the molecule is CC(C(=O)Nc1ccc(F)c(Cl)c1)N1CCC(C(=O)N(C)C)CC1. The van der Waals surface area contributed by atoms with Gasteiger partial charge in [-0.05, 0) is 51.1 Å². The third kappa shape index (κ3) is 4.45. The minimum absolute atomic E-state index is 0.0246. The van der Waals surface area contributed by atoms with Crippen molar-refractivity contribution in [2.75, 3.05) is 32.5 Å². The molecule has 0 aromatic heterocycles. The minimum atomic E-state index is -0.518. The van der Waals surface area contributed by atoms with E-state index in [-0.39, 0.29) is 28.8 Å². The van der Waals surface area contributed by atoms with E-state index in [0.29, 0.717) is 18.8 Å². The van der Waals surface area contributed by atoms with Crippen LogP contribution in [0.25, 0.3) is 0 Å². The van der Waals surface area contributed by atoms with Crippen LogP contribution < -0.4 is 5.32 Å². The summed E-state index contributed by atoms with van der Waals surface area (Å²) in [5.41, 5.74) is 0.468. The molecular formula is C17H23ClFN3O2. The molecule has 1 aromatic rings. The highest BCUT2D eigenvalue weighted by Crippen LogP contribution is 2.22. The van der Waals surface area contributed by atoms with Gasteiger partial charge in [0, 0.05) is 25.7 Å². The lowest BCUT2D eigenvalue weighted by Gasteiger charge is -2.35. The summed E-state index contributed by atoms with van der Waals surface area (Å²) in [6.07, 6.45) is 1.49. The van der Waals surface area contributed by atoms with E-state index in [1.54, 1.807) is 19.0 Å². The molecule has 0 saturated carbocycles. The van der Waals surface area contributed by atoms with Gasteiger partial charge in [0.1, 0.15) is 5.82 Å². The van der Waals surface area contributed by atoms with Crippen molar-refractivity contribution in [3.63, 3.8) is 0 Å². The predicted molar refractivity (Wildman–Crippen MR) is 92.5 cm³/mol. The molecule has 1 N–H and O–H groups in total. The van der Waals surface area contributed by atoms with E-state index in [1.807, 2.05) is 6.92 Å². The fourth-order valence-corrected chi connectivity index (χ4v) is 3.07. The topological polar surface area (TPSA) is 52.7 Å². The number of hydrogen-bond acceptors (Lipinski definition) is 3. The van der Waals surface area contributed by atoms with Crippen LogP contribution in [0.15, 0.2) is 18.2 Å². The van der Waals surface area contributed by atoms with Crippen LogP contribution in [0.5, 0.6) is 0 Å². The Balaban J connectivity index is 1.90. The van der Waals surface area contributed by atoms with Crippen LogP contribution >= 0.6 is 11.6 Å². The zero-order valence-electron chi connectivity index (χ0n) is 14.2. The predicted octanol–water partition coefficient (Wildman–Crippen LogP) is 2.61. The molecule has 2 rings (SSSR count). The number of rotatable bonds is 4. The molecule has 7 heteroatoms. The molecule has 24 heavy (non-hydrogen) atoms. The van der Waals surface area contributed by atoms with Crippen molar-refractivity contribution in [1.29, 1.82) is 0 Å². The lowest BCUT2D eigenvalue weighted by atomic mass is 9.94. The van der Waals surface area contributed by atoms with Gasteiger partial charge in [0.15, 0.2) is 0 Å². The summed E-state index contributed by atoms with van der Waals surface area (Å²) in [6.45, 7) is 3.22. The van der Waals surface area contributed by atoms with E-state index in [4.69, 9.17) is 11.6 Å². The largest absolute Gasteiger partial charge is 0.349 e. The Morgan fingerprint density at radius 1 is 1.33 bits per heavy atom. The number of carbonyl (C=O) groups excluding carboxylic acids is 2. The Bertz CT molecular complexity index is 616. The number of carbonyl (C=O) groups is 2. The standard InChI is InChI=1S/C17H23ClFN3O2/c1-11(16(23)20-13-4-5-15(19)14(18)10-13)22-8-6-12(7-9-22)17(24)21(2)3/h4-5,10-12H,6-9H2,1-3H3,(H,20,23). The second-order valence-corrected chi connectivity index (χ2v) is 6.74. The first-order chi connectivity index (χ1) is 11.3. The molecule has 1 heterocycles. The van der Waals surface area contributed by atoms with Crippen molar-refractivity contribution in [3.8, 4) is 0 Å². The summed E-state index contributed by atoms with van der Waals surface area (Å²) in [5.74, 6) is -0.513. The first-order valence-electron chi connectivity index (χ1n) is 8.00. The maximum Gasteiger partial charge on any atom is 0.241 e. The molecule has 1 saturated heterocycles. The van der Waals surface area contributed by atoms with Crippen LogP contribution in [0.3, 0.4) is 0 Å². The number of halogens is 2. The fraction of sp³-hybridized carbons (Fsp3) is 0.529. The first kappa shape index (κ1) is 18.7. The number of anilines is 1. The molecule has 1 unspecified atom stereocenters. The summed E-state index contributed by atoms with van der Waals surface area (Å²) in [5, 5.41) is 2.73. The number of amides is 2. The Morgan fingerprint density at radius 3 is 2.50 bits per heavy atom. The maximum atomic E-state index is 13.2. The van der Waals surface area contributed by atoms with Crippen LogP contribution in [0, 0.1) is 11.7 Å². The zero-order chi connectivity index (χ0) is 17.9. The van der Waals surface area contributed by atoms with Gasteiger partial charge in [-0.15, -0.1) is 0 Å². The molecule has 1 aliphatic heterocycles. The number of likely N-dealkylation sites (tertiary alicyclic amines) is 1. The van der Waals surface area contributed by atoms with Gasteiger partial charge in [-0.2, -0.15) is 0 Å². The monoisotopic (exact) mass is 355 g/mol. The summed E-state index contributed by atoms with van der Waals surface area (Å²) in [7, 11) is 3.53. The average molecular weight is 356 g/mol. The molecule has 1 fully saturated rings. The zero-order valence-corrected chi connectivity index (χ0v) is 14.9. The van der Waals surface area contributed by atoms with Gasteiger partial charge >= 0.3 is 0 Å². The number of nitrogens with zero attached hydrogens (tertiary/aromatic N) is 2. The van der Waals surface area contributed by atoms with Crippen molar-refractivity contribution < 1.29 is 14.0 Å². The van der Waals surface area contributed by atoms with Gasteiger partial charge in [0.25, 0.3) is 0 Å². The second kappa shape index (κ2) is 7.94. The Hall–Kier alpha value is -1.66. The van der Waals surface area contributed by atoms with Crippen LogP contribution in [0.1, 0.15) is 19.8 Å². The number of benzene rings is 1. The summed E-state index contributed by atoms with van der Waals surface area (Å²) >= 11 is 5.72. The van der Waals surface area contributed by atoms with Crippen molar-refractivity contribution in [2.24, 2.45) is 5.92 Å². The van der Waals surface area contributed by atoms with Gasteiger partial charge < -0.3 is 10.2 Å². The fourth-order valence-electron chi connectivity index (χ4n) is 2.89. The molecule has 0 bridgehead atoms. The van der Waals surface area contributed by atoms with Crippen LogP contribution in [-0.2, 0) is 9.59 Å². The normalized spacial score (nSPS) is 17.4. The second-order valence-electron chi connectivity index (χ2n) is 6.34. The molecular weight excluding hydrogens is 333 g/mol. The highest BCUT2D eigenvalue weighted by molar-refractivity contribution is 6.31. The average Bonchev–Trinajstić information content (AvgIpc) is 2.56. The lowest BCUT2D eigenvalue weighted by Crippen LogP contribution is -2.48. The molecule has 1 aliphatic rings. The van der Waals surface area contributed by atoms with Crippen LogP contribution in [-0.4, -0.2) is 54.8 Å². The smallest absolute Gasteiger partial charge is 0.241 e. The molecule has 5 nitrogen and oxygen atoms in total. The maximum absolute atomic E-state index is 13.2. The van der Waals surface area contributed by atoms with Gasteiger partial charge in [0.05, 0.1) is 11.1 Å². The van der Waals surface area contributed by atoms with Gasteiger partial charge in [0.2, 0.25) is 11.8 Å². The molecule has 0 spiro atoms. The van der Waals surface area contributed by atoms with Gasteiger partial charge in [-0.1, -0.05) is 11.6 Å². The highest BCUT2D eigenvalue weighted by Gasteiger charge is 2.30. The third-order valence-electron chi connectivity index (χ3n) is 4.43. The van der Waals surface area contributed by atoms with E-state index in [1.165, 1.54) is 18.2 Å². The summed E-state index contributed by atoms with van der Waals surface area (Å²) in [6, 6.07) is 3.77. The van der Waals surface area contributed by atoms with Crippen molar-refractivity contribution >= 4 is 29.1 Å². The number of hydrogen-bond donors (Lipinski definition) is 1. The van der Waals surface area contributed by atoms with Crippen molar-refractivity contribution in [2.45, 2.75) is 25.8 Å². The molecule has 1 atom stereocenters. The molecule has 2 amide bonds. The first-order valence-corrected chi connectivity index (χ1v) is 8.38. The highest BCUT2D eigenvalue weighted by atomic mass is 35.5. The minimum Gasteiger partial charge on any atom is -0.349 e. The van der Waals surface area contributed by atoms with E-state index >= 15 is 0 Å². The number of nitrogens with one attached hydrogen (secondary N) is 1. The molecule has 1 aromatic carbocycles. The van der Waals surface area contributed by atoms with Crippen molar-refractivity contribution in [1.82, 2.24) is 9.80 Å². The summed E-state index contributed by atoms with van der Waals surface area (Å²) in [4.78, 5) is 28.0. The van der Waals surface area contributed by atoms with Crippen molar-refractivity contribution in [3.05, 3.63) is 29.0 Å². The van der Waals surface area contributed by atoms with Gasteiger partial charge in [-0.3, -0.25) is 14.5 Å². The molecule has 0 radical (unpaired) electrons. The van der Waals surface area contributed by atoms with E-state index < -0.39 is 5.82 Å². The molecule has 0 aliphatic carbocycles. The quantitative estimate of drug-likeness (QED) is 0.903. The Kier molecular flexibility index (Phi) is 6.18. The summed E-state index contributed by atoms with van der Waals surface area (Å²) < 4.78 is 13.2. The van der Waals surface area contributed by atoms with E-state index in [9.17, 15) is 14.0 Å². The Morgan fingerprint density at radius 2 is 1.96 bits per heavy atom. The van der Waals surface area contributed by atoms with E-state index in [0.717, 1.165) is 12.8 Å². The van der Waals surface area contributed by atoms with Gasteiger partial charge in [-0.25, -0.2) is 4.39 Å². The van der Waals surface area contributed by atoms with Crippen LogP contribution in [0.2, 0.25) is 5.02 Å². The van der Waals surface area contributed by atoms with Crippen LogP contribution in [0.4, 0.5) is 10.1 Å². The lowest BCUT2D eigenvalue weighted by molar-refractivity contribution is -0.134. The Labute approximate surface area is 146 Å².